The maximum absolute atomic E-state index is 12.0. The Morgan fingerprint density at radius 3 is 2.75 bits per heavy atom. The van der Waals surface area contributed by atoms with Crippen LogP contribution in [0.2, 0.25) is 0 Å². The Morgan fingerprint density at radius 2 is 2.06 bits per heavy atom. The minimum atomic E-state index is -0.696. The van der Waals surface area contributed by atoms with Crippen molar-refractivity contribution in [3.63, 3.8) is 0 Å². The first kappa shape index (κ1) is 10.8. The van der Waals surface area contributed by atoms with Gasteiger partial charge in [-0.05, 0) is 18.6 Å². The molecule has 2 rings (SSSR count). The molecule has 0 radical (unpaired) electrons. The van der Waals surface area contributed by atoms with Crippen molar-refractivity contribution >= 4 is 11.8 Å². The summed E-state index contributed by atoms with van der Waals surface area (Å²) in [7, 11) is 0. The van der Waals surface area contributed by atoms with E-state index in [0.717, 1.165) is 10.5 Å². The highest BCUT2D eigenvalue weighted by molar-refractivity contribution is 6.09. The molecule has 0 aromatic heterocycles. The standard InChI is InChI=1S/C12H13NO3/c1-8(14)7-13-11(15)6-9-4-2-3-5-10(9)12(13)16/h2-5,8,14H,6-7H2,1H3/t8-/m1/s1. The molecule has 1 atom stereocenters. The number of imide groups is 1. The van der Waals surface area contributed by atoms with E-state index in [9.17, 15) is 14.7 Å². The van der Waals surface area contributed by atoms with Gasteiger partial charge in [0.05, 0.1) is 19.1 Å². The maximum atomic E-state index is 12.0. The minimum Gasteiger partial charge on any atom is -0.392 e. The molecule has 1 aliphatic rings. The summed E-state index contributed by atoms with van der Waals surface area (Å²) in [6, 6.07) is 7.07. The van der Waals surface area contributed by atoms with Gasteiger partial charge in [0.15, 0.2) is 0 Å². The van der Waals surface area contributed by atoms with E-state index in [0.29, 0.717) is 5.56 Å². The Bertz CT molecular complexity index is 440. The second-order valence-corrected chi connectivity index (χ2v) is 3.99. The number of amides is 2. The van der Waals surface area contributed by atoms with Gasteiger partial charge in [0.1, 0.15) is 0 Å². The Morgan fingerprint density at radius 1 is 1.38 bits per heavy atom. The van der Waals surface area contributed by atoms with Crippen LogP contribution in [0.1, 0.15) is 22.8 Å². The third kappa shape index (κ3) is 1.84. The highest BCUT2D eigenvalue weighted by Crippen LogP contribution is 2.19. The molecule has 1 aromatic carbocycles. The lowest BCUT2D eigenvalue weighted by Gasteiger charge is -2.27. The number of benzene rings is 1. The van der Waals surface area contributed by atoms with Gasteiger partial charge in [0.2, 0.25) is 5.91 Å². The first-order valence-electron chi connectivity index (χ1n) is 5.20. The number of aliphatic hydroxyl groups excluding tert-OH is 1. The molecule has 0 saturated heterocycles. The smallest absolute Gasteiger partial charge is 0.260 e. The van der Waals surface area contributed by atoms with E-state index < -0.39 is 6.10 Å². The van der Waals surface area contributed by atoms with Gasteiger partial charge in [-0.1, -0.05) is 18.2 Å². The van der Waals surface area contributed by atoms with Crippen LogP contribution < -0.4 is 0 Å². The lowest BCUT2D eigenvalue weighted by Crippen LogP contribution is -2.45. The van der Waals surface area contributed by atoms with Crippen molar-refractivity contribution in [1.82, 2.24) is 4.90 Å². The summed E-state index contributed by atoms with van der Waals surface area (Å²) < 4.78 is 0. The third-order valence-electron chi connectivity index (χ3n) is 2.58. The molecule has 4 heteroatoms. The molecular weight excluding hydrogens is 206 g/mol. The summed E-state index contributed by atoms with van der Waals surface area (Å²) in [5, 5.41) is 9.24. The molecule has 16 heavy (non-hydrogen) atoms. The van der Waals surface area contributed by atoms with E-state index in [1.54, 1.807) is 25.1 Å². The fraction of sp³-hybridized carbons (Fsp3) is 0.333. The monoisotopic (exact) mass is 219 g/mol. The predicted molar refractivity (Wildman–Crippen MR) is 57.9 cm³/mol. The second kappa shape index (κ2) is 4.06. The molecule has 2 amide bonds. The summed E-state index contributed by atoms with van der Waals surface area (Å²) in [5.74, 6) is -0.558. The van der Waals surface area contributed by atoms with Crippen LogP contribution in [0.25, 0.3) is 0 Å². The highest BCUT2D eigenvalue weighted by atomic mass is 16.3. The number of β-amino-alcohol motifs (C(OH)–C–C–N with tert-alkyl or cyclic N) is 1. The van der Waals surface area contributed by atoms with E-state index in [4.69, 9.17) is 0 Å². The number of hydrogen-bond acceptors (Lipinski definition) is 3. The summed E-state index contributed by atoms with van der Waals surface area (Å²) in [6.45, 7) is 1.62. The van der Waals surface area contributed by atoms with Crippen LogP contribution in [0.3, 0.4) is 0 Å². The molecule has 0 fully saturated rings. The number of carbonyl (C=O) groups is 2. The van der Waals surface area contributed by atoms with Gasteiger partial charge in [0.25, 0.3) is 5.91 Å². The van der Waals surface area contributed by atoms with Crippen molar-refractivity contribution in [2.45, 2.75) is 19.4 Å². The van der Waals surface area contributed by atoms with Gasteiger partial charge in [-0.15, -0.1) is 0 Å². The first-order valence-corrected chi connectivity index (χ1v) is 5.20. The number of fused-ring (bicyclic) bond motifs is 1. The highest BCUT2D eigenvalue weighted by Gasteiger charge is 2.30. The number of nitrogens with zero attached hydrogens (tertiary/aromatic N) is 1. The maximum Gasteiger partial charge on any atom is 0.260 e. The summed E-state index contributed by atoms with van der Waals surface area (Å²) in [5.41, 5.74) is 1.32. The predicted octanol–water partition coefficient (Wildman–Crippen LogP) is 0.592. The fourth-order valence-corrected chi connectivity index (χ4v) is 1.85. The summed E-state index contributed by atoms with van der Waals surface area (Å²) in [6.07, 6.45) is -0.465. The molecule has 0 unspecified atom stereocenters. The number of aliphatic hydroxyl groups is 1. The van der Waals surface area contributed by atoms with Gasteiger partial charge in [-0.2, -0.15) is 0 Å². The molecule has 1 aromatic rings. The molecular formula is C12H13NO3. The average Bonchev–Trinajstić information content (AvgIpc) is 2.24. The van der Waals surface area contributed by atoms with Crippen molar-refractivity contribution in [2.24, 2.45) is 0 Å². The zero-order valence-electron chi connectivity index (χ0n) is 9.01. The van der Waals surface area contributed by atoms with Crippen molar-refractivity contribution < 1.29 is 14.7 Å². The fourth-order valence-electron chi connectivity index (χ4n) is 1.85. The normalized spacial score (nSPS) is 17.2. The average molecular weight is 219 g/mol. The van der Waals surface area contributed by atoms with Crippen molar-refractivity contribution in [3.8, 4) is 0 Å². The van der Waals surface area contributed by atoms with Gasteiger partial charge in [0, 0.05) is 5.56 Å². The number of hydrogen-bond donors (Lipinski definition) is 1. The van der Waals surface area contributed by atoms with Crippen LogP contribution in [0.15, 0.2) is 24.3 Å². The molecule has 1 N–H and O–H groups in total. The SMILES string of the molecule is C[C@@H](O)CN1C(=O)Cc2ccccc2C1=O. The van der Waals surface area contributed by atoms with Gasteiger partial charge in [-0.3, -0.25) is 14.5 Å². The molecule has 1 heterocycles. The van der Waals surface area contributed by atoms with Crippen molar-refractivity contribution in [1.29, 1.82) is 0 Å². The van der Waals surface area contributed by atoms with Gasteiger partial charge in [-0.25, -0.2) is 0 Å². The zero-order chi connectivity index (χ0) is 11.7. The Kier molecular flexibility index (Phi) is 2.75. The van der Waals surface area contributed by atoms with Crippen LogP contribution in [-0.2, 0) is 11.2 Å². The quantitative estimate of drug-likeness (QED) is 0.741. The van der Waals surface area contributed by atoms with Crippen LogP contribution in [0.5, 0.6) is 0 Å². The molecule has 0 spiro atoms. The Labute approximate surface area is 93.5 Å². The lowest BCUT2D eigenvalue weighted by molar-refractivity contribution is -0.129. The molecule has 84 valence electrons. The lowest BCUT2D eigenvalue weighted by atomic mass is 9.98. The van der Waals surface area contributed by atoms with Crippen molar-refractivity contribution in [2.75, 3.05) is 6.54 Å². The van der Waals surface area contributed by atoms with E-state index >= 15 is 0 Å². The molecule has 0 aliphatic carbocycles. The van der Waals surface area contributed by atoms with Crippen LogP contribution in [0, 0.1) is 0 Å². The van der Waals surface area contributed by atoms with E-state index in [1.807, 2.05) is 6.07 Å². The van der Waals surface area contributed by atoms with Gasteiger partial charge < -0.3 is 5.11 Å². The van der Waals surface area contributed by atoms with Crippen LogP contribution in [0.4, 0.5) is 0 Å². The summed E-state index contributed by atoms with van der Waals surface area (Å²) >= 11 is 0. The number of carbonyl (C=O) groups excluding carboxylic acids is 2. The van der Waals surface area contributed by atoms with E-state index in [1.165, 1.54) is 0 Å². The molecule has 1 aliphatic heterocycles. The zero-order valence-corrected chi connectivity index (χ0v) is 9.01. The second-order valence-electron chi connectivity index (χ2n) is 3.99. The van der Waals surface area contributed by atoms with Crippen LogP contribution in [-0.4, -0.2) is 34.5 Å². The Balaban J connectivity index is 2.34. The summed E-state index contributed by atoms with van der Waals surface area (Å²) in [4.78, 5) is 24.8. The third-order valence-corrected chi connectivity index (χ3v) is 2.58. The Hall–Kier alpha value is -1.68. The largest absolute Gasteiger partial charge is 0.392 e. The molecule has 0 bridgehead atoms. The first-order chi connectivity index (χ1) is 7.59. The van der Waals surface area contributed by atoms with E-state index in [2.05, 4.69) is 0 Å². The van der Waals surface area contributed by atoms with Crippen LogP contribution >= 0.6 is 0 Å². The van der Waals surface area contributed by atoms with Crippen molar-refractivity contribution in [3.05, 3.63) is 35.4 Å². The molecule has 0 saturated carbocycles. The molecule has 4 nitrogen and oxygen atoms in total. The minimum absolute atomic E-state index is 0.0615. The van der Waals surface area contributed by atoms with Gasteiger partial charge >= 0.3 is 0 Å². The topological polar surface area (TPSA) is 57.6 Å². The van der Waals surface area contributed by atoms with E-state index in [-0.39, 0.29) is 24.8 Å². The number of rotatable bonds is 2.